The van der Waals surface area contributed by atoms with Crippen molar-refractivity contribution in [3.63, 3.8) is 0 Å². The van der Waals surface area contributed by atoms with Gasteiger partial charge in [-0.05, 0) is 19.3 Å². The van der Waals surface area contributed by atoms with Crippen molar-refractivity contribution in [1.29, 1.82) is 0 Å². The van der Waals surface area contributed by atoms with Gasteiger partial charge in [-0.25, -0.2) is 4.79 Å². The first-order chi connectivity index (χ1) is 6.16. The lowest BCUT2D eigenvalue weighted by Crippen LogP contribution is -2.22. The van der Waals surface area contributed by atoms with Crippen molar-refractivity contribution >= 4 is 5.97 Å². The van der Waals surface area contributed by atoms with E-state index in [1.54, 1.807) is 6.08 Å². The van der Waals surface area contributed by atoms with Crippen LogP contribution in [0.15, 0.2) is 12.2 Å². The summed E-state index contributed by atoms with van der Waals surface area (Å²) in [6.07, 6.45) is 7.48. The molecule has 0 aromatic heterocycles. The second kappa shape index (κ2) is 4.42. The van der Waals surface area contributed by atoms with E-state index in [1.807, 2.05) is 0 Å². The highest BCUT2D eigenvalue weighted by atomic mass is 16.5. The summed E-state index contributed by atoms with van der Waals surface area (Å²) in [7, 11) is 1.34. The van der Waals surface area contributed by atoms with Gasteiger partial charge >= 0.3 is 5.97 Å². The normalized spacial score (nSPS) is 20.8. The molecule has 0 aromatic rings. The van der Waals surface area contributed by atoms with Gasteiger partial charge < -0.3 is 9.84 Å². The third-order valence-electron chi connectivity index (χ3n) is 2.49. The van der Waals surface area contributed by atoms with E-state index in [9.17, 15) is 9.90 Å². The van der Waals surface area contributed by atoms with Gasteiger partial charge in [-0.3, -0.25) is 0 Å². The molecular formula is C10H16O3. The molecule has 0 saturated heterocycles. The number of rotatable bonds is 3. The van der Waals surface area contributed by atoms with Crippen LogP contribution < -0.4 is 0 Å². The smallest absolute Gasteiger partial charge is 0.330 e. The molecule has 1 aliphatic carbocycles. The fourth-order valence-corrected chi connectivity index (χ4v) is 1.68. The van der Waals surface area contributed by atoms with Crippen LogP contribution in [0.3, 0.4) is 0 Å². The Morgan fingerprint density at radius 1 is 1.54 bits per heavy atom. The molecule has 3 nitrogen and oxygen atoms in total. The van der Waals surface area contributed by atoms with Crippen molar-refractivity contribution in [2.24, 2.45) is 0 Å². The molecule has 1 rings (SSSR count). The van der Waals surface area contributed by atoms with Gasteiger partial charge in [0.1, 0.15) is 0 Å². The van der Waals surface area contributed by atoms with Crippen molar-refractivity contribution in [2.75, 3.05) is 7.11 Å². The average molecular weight is 184 g/mol. The zero-order valence-electron chi connectivity index (χ0n) is 7.95. The summed E-state index contributed by atoms with van der Waals surface area (Å²) in [5.74, 6) is -0.360. The van der Waals surface area contributed by atoms with Crippen LogP contribution in [0.4, 0.5) is 0 Å². The highest BCUT2D eigenvalue weighted by Crippen LogP contribution is 2.32. The first-order valence-corrected chi connectivity index (χ1v) is 4.63. The molecule has 1 aliphatic rings. The Balaban J connectivity index is 2.32. The van der Waals surface area contributed by atoms with Crippen LogP contribution in [-0.2, 0) is 9.53 Å². The van der Waals surface area contributed by atoms with Gasteiger partial charge in [-0.15, -0.1) is 0 Å². The third kappa shape index (κ3) is 3.19. The van der Waals surface area contributed by atoms with Gasteiger partial charge in [-0.2, -0.15) is 0 Å². The van der Waals surface area contributed by atoms with Crippen LogP contribution in [0.25, 0.3) is 0 Å². The first kappa shape index (κ1) is 10.3. The molecule has 74 valence electrons. The molecular weight excluding hydrogens is 168 g/mol. The van der Waals surface area contributed by atoms with Gasteiger partial charge in [-0.1, -0.05) is 18.9 Å². The molecule has 1 fully saturated rings. The van der Waals surface area contributed by atoms with E-state index in [0.717, 1.165) is 25.7 Å². The quantitative estimate of drug-likeness (QED) is 0.533. The predicted octanol–water partition coefficient (Wildman–Crippen LogP) is 1.41. The number of carbonyl (C=O) groups is 1. The van der Waals surface area contributed by atoms with E-state index in [-0.39, 0.29) is 5.97 Å². The molecule has 0 aromatic carbocycles. The predicted molar refractivity (Wildman–Crippen MR) is 49.2 cm³/mol. The van der Waals surface area contributed by atoms with E-state index >= 15 is 0 Å². The Hall–Kier alpha value is -0.830. The number of methoxy groups -OCH3 is 1. The molecule has 0 bridgehead atoms. The summed E-state index contributed by atoms with van der Waals surface area (Å²) < 4.78 is 4.44. The standard InChI is InChI=1S/C10H16O3/c1-13-9(11)5-4-8-10(12)6-2-3-7-10/h4-5,12H,2-3,6-8H2,1H3/b5-4+. The van der Waals surface area contributed by atoms with Crippen LogP contribution in [0.2, 0.25) is 0 Å². The Morgan fingerprint density at radius 3 is 2.69 bits per heavy atom. The minimum Gasteiger partial charge on any atom is -0.466 e. The van der Waals surface area contributed by atoms with Crippen LogP contribution in [0.1, 0.15) is 32.1 Å². The van der Waals surface area contributed by atoms with Crippen molar-refractivity contribution < 1.29 is 14.6 Å². The van der Waals surface area contributed by atoms with Crippen molar-refractivity contribution in [2.45, 2.75) is 37.7 Å². The maximum absolute atomic E-state index is 10.7. The summed E-state index contributed by atoms with van der Waals surface area (Å²) in [6.45, 7) is 0. The summed E-state index contributed by atoms with van der Waals surface area (Å²) in [5, 5.41) is 9.87. The van der Waals surface area contributed by atoms with E-state index in [0.29, 0.717) is 6.42 Å². The SMILES string of the molecule is COC(=O)/C=C/CC1(O)CCCC1. The first-order valence-electron chi connectivity index (χ1n) is 4.63. The van der Waals surface area contributed by atoms with Crippen LogP contribution >= 0.6 is 0 Å². The molecule has 3 heteroatoms. The lowest BCUT2D eigenvalue weighted by Gasteiger charge is -2.19. The van der Waals surface area contributed by atoms with E-state index in [2.05, 4.69) is 4.74 Å². The number of ether oxygens (including phenoxy) is 1. The topological polar surface area (TPSA) is 46.5 Å². The summed E-state index contributed by atoms with van der Waals surface area (Å²) in [6, 6.07) is 0. The summed E-state index contributed by atoms with van der Waals surface area (Å²) >= 11 is 0. The molecule has 0 radical (unpaired) electrons. The number of aliphatic hydroxyl groups is 1. The number of hydrogen-bond acceptors (Lipinski definition) is 3. The minimum atomic E-state index is -0.565. The Bertz CT molecular complexity index is 202. The Labute approximate surface area is 78.4 Å². The molecule has 0 amide bonds. The molecule has 0 atom stereocenters. The fraction of sp³-hybridized carbons (Fsp3) is 0.700. The van der Waals surface area contributed by atoms with E-state index in [4.69, 9.17) is 0 Å². The second-order valence-corrected chi connectivity index (χ2v) is 3.56. The van der Waals surface area contributed by atoms with Gasteiger partial charge in [0.2, 0.25) is 0 Å². The lowest BCUT2D eigenvalue weighted by atomic mass is 9.98. The molecule has 0 heterocycles. The van der Waals surface area contributed by atoms with Gasteiger partial charge in [0, 0.05) is 6.08 Å². The number of carbonyl (C=O) groups excluding carboxylic acids is 1. The van der Waals surface area contributed by atoms with Gasteiger partial charge in [0.05, 0.1) is 12.7 Å². The summed E-state index contributed by atoms with van der Waals surface area (Å²) in [5.41, 5.74) is -0.565. The summed E-state index contributed by atoms with van der Waals surface area (Å²) in [4.78, 5) is 10.7. The fourth-order valence-electron chi connectivity index (χ4n) is 1.68. The highest BCUT2D eigenvalue weighted by Gasteiger charge is 2.29. The minimum absolute atomic E-state index is 0.360. The number of hydrogen-bond donors (Lipinski definition) is 1. The maximum Gasteiger partial charge on any atom is 0.330 e. The molecule has 1 N–H and O–H groups in total. The van der Waals surface area contributed by atoms with Crippen LogP contribution in [-0.4, -0.2) is 23.8 Å². The molecule has 1 saturated carbocycles. The van der Waals surface area contributed by atoms with Crippen LogP contribution in [0.5, 0.6) is 0 Å². The van der Waals surface area contributed by atoms with Crippen molar-refractivity contribution in [1.82, 2.24) is 0 Å². The van der Waals surface area contributed by atoms with Gasteiger partial charge in [0.25, 0.3) is 0 Å². The third-order valence-corrected chi connectivity index (χ3v) is 2.49. The van der Waals surface area contributed by atoms with Crippen molar-refractivity contribution in [3.05, 3.63) is 12.2 Å². The zero-order chi connectivity index (χ0) is 9.73. The average Bonchev–Trinajstić information content (AvgIpc) is 2.52. The Kier molecular flexibility index (Phi) is 3.48. The molecule has 13 heavy (non-hydrogen) atoms. The van der Waals surface area contributed by atoms with E-state index in [1.165, 1.54) is 13.2 Å². The molecule has 0 unspecified atom stereocenters. The largest absolute Gasteiger partial charge is 0.466 e. The second-order valence-electron chi connectivity index (χ2n) is 3.56. The van der Waals surface area contributed by atoms with Crippen molar-refractivity contribution in [3.8, 4) is 0 Å². The van der Waals surface area contributed by atoms with Crippen LogP contribution in [0, 0.1) is 0 Å². The number of esters is 1. The zero-order valence-corrected chi connectivity index (χ0v) is 7.95. The molecule has 0 spiro atoms. The Morgan fingerprint density at radius 2 is 2.15 bits per heavy atom. The lowest BCUT2D eigenvalue weighted by molar-refractivity contribution is -0.134. The maximum atomic E-state index is 10.7. The monoisotopic (exact) mass is 184 g/mol. The van der Waals surface area contributed by atoms with E-state index < -0.39 is 5.60 Å². The highest BCUT2D eigenvalue weighted by molar-refractivity contribution is 5.81. The molecule has 0 aliphatic heterocycles. The van der Waals surface area contributed by atoms with Gasteiger partial charge in [0.15, 0.2) is 0 Å².